The number of thiophene rings is 1. The number of rotatable bonds is 6. The molecule has 1 aliphatic rings. The van der Waals surface area contributed by atoms with Gasteiger partial charge in [0.2, 0.25) is 5.91 Å². The van der Waals surface area contributed by atoms with Crippen molar-refractivity contribution in [2.75, 3.05) is 38.0 Å². The first-order valence-electron chi connectivity index (χ1n) is 9.80. The van der Waals surface area contributed by atoms with E-state index in [4.69, 9.17) is 0 Å². The zero-order valence-corrected chi connectivity index (χ0v) is 17.3. The minimum absolute atomic E-state index is 0.0311. The Morgan fingerprint density at radius 1 is 1.18 bits per heavy atom. The van der Waals surface area contributed by atoms with Crippen molar-refractivity contribution in [2.24, 2.45) is 0 Å². The lowest BCUT2D eigenvalue weighted by Gasteiger charge is -2.31. The molecule has 0 unspecified atom stereocenters. The minimum atomic E-state index is 0.0311. The zero-order valence-electron chi connectivity index (χ0n) is 16.5. The molecule has 6 heteroatoms. The van der Waals surface area contributed by atoms with E-state index < -0.39 is 0 Å². The van der Waals surface area contributed by atoms with Gasteiger partial charge in [-0.15, -0.1) is 11.3 Å². The Kier molecular flexibility index (Phi) is 7.01. The highest BCUT2D eigenvalue weighted by Gasteiger charge is 2.24. The molecule has 0 atom stereocenters. The number of quaternary nitrogens is 1. The van der Waals surface area contributed by atoms with E-state index in [1.165, 1.54) is 9.78 Å². The lowest BCUT2D eigenvalue weighted by Crippen LogP contribution is -3.15. The predicted octanol–water partition coefficient (Wildman–Crippen LogP) is 2.00. The highest BCUT2D eigenvalue weighted by atomic mass is 32.1. The molecule has 2 heterocycles. The Balaban J connectivity index is 1.45. The summed E-state index contributed by atoms with van der Waals surface area (Å²) in [5, 5.41) is 3.03. The van der Waals surface area contributed by atoms with Gasteiger partial charge in [0.25, 0.3) is 5.91 Å². The third-order valence-corrected chi connectivity index (χ3v) is 5.98. The van der Waals surface area contributed by atoms with E-state index in [-0.39, 0.29) is 11.8 Å². The number of piperazine rings is 1. The Morgan fingerprint density at radius 3 is 2.61 bits per heavy atom. The van der Waals surface area contributed by atoms with Crippen molar-refractivity contribution in [1.82, 2.24) is 4.90 Å². The second kappa shape index (κ2) is 9.66. The zero-order chi connectivity index (χ0) is 19.9. The molecule has 1 aromatic carbocycles. The summed E-state index contributed by atoms with van der Waals surface area (Å²) < 4.78 is 0. The Bertz CT molecular complexity index is 851. The minimum Gasteiger partial charge on any atom is -0.328 e. The molecule has 28 heavy (non-hydrogen) atoms. The normalized spacial score (nSPS) is 15.1. The molecule has 1 saturated heterocycles. The Morgan fingerprint density at radius 2 is 1.93 bits per heavy atom. The average Bonchev–Trinajstić information content (AvgIpc) is 3.12. The first-order valence-corrected chi connectivity index (χ1v) is 10.6. The molecule has 1 aromatic heterocycles. The van der Waals surface area contributed by atoms with E-state index in [2.05, 4.69) is 25.2 Å². The van der Waals surface area contributed by atoms with Crippen LogP contribution in [0.1, 0.15) is 22.2 Å². The fraction of sp³-hybridized carbons (Fsp3) is 0.364. The van der Waals surface area contributed by atoms with Gasteiger partial charge in [-0.2, -0.15) is 0 Å². The van der Waals surface area contributed by atoms with Gasteiger partial charge >= 0.3 is 0 Å². The van der Waals surface area contributed by atoms with Crippen molar-refractivity contribution in [3.63, 3.8) is 0 Å². The number of hydrogen-bond acceptors (Lipinski definition) is 3. The molecule has 2 aromatic rings. The van der Waals surface area contributed by atoms with E-state index in [9.17, 15) is 9.59 Å². The monoisotopic (exact) mass is 398 g/mol. The molecular formula is C22H28N3O2S+. The maximum absolute atomic E-state index is 12.4. The van der Waals surface area contributed by atoms with Crippen LogP contribution < -0.4 is 10.2 Å². The summed E-state index contributed by atoms with van der Waals surface area (Å²) >= 11 is 1.68. The molecule has 148 valence electrons. The number of anilines is 1. The maximum Gasteiger partial charge on any atom is 0.279 e. The maximum atomic E-state index is 12.4. The van der Waals surface area contributed by atoms with Crippen molar-refractivity contribution < 1.29 is 14.5 Å². The van der Waals surface area contributed by atoms with Gasteiger partial charge in [-0.1, -0.05) is 25.1 Å². The standard InChI is InChI=1S/C22H27N3O2S/c1-3-18-6-4-5-7-20(18)23-21(26)16-24-12-14-25(15-13-24)22(27)11-10-19-9-8-17(2)28-19/h4-11H,3,12-16H2,1-2H3,(H,23,26)/p+1/b11-10+. The van der Waals surface area contributed by atoms with Crippen LogP contribution in [0.3, 0.4) is 0 Å². The SMILES string of the molecule is CCc1ccccc1NC(=O)C[NH+]1CCN(C(=O)/C=C/c2ccc(C)s2)CC1. The van der Waals surface area contributed by atoms with Crippen molar-refractivity contribution in [1.29, 1.82) is 0 Å². The number of nitrogens with zero attached hydrogens (tertiary/aromatic N) is 1. The lowest BCUT2D eigenvalue weighted by molar-refractivity contribution is -0.895. The number of amides is 2. The number of aryl methyl sites for hydroxylation is 2. The molecule has 3 rings (SSSR count). The summed E-state index contributed by atoms with van der Waals surface area (Å²) in [5.74, 6) is 0.0788. The van der Waals surface area contributed by atoms with E-state index >= 15 is 0 Å². The summed E-state index contributed by atoms with van der Waals surface area (Å²) in [6.45, 7) is 7.52. The third kappa shape index (κ3) is 5.53. The molecule has 1 aliphatic heterocycles. The summed E-state index contributed by atoms with van der Waals surface area (Å²) in [4.78, 5) is 30.2. The van der Waals surface area contributed by atoms with Crippen molar-refractivity contribution >= 4 is 34.9 Å². The lowest BCUT2D eigenvalue weighted by atomic mass is 10.1. The molecule has 0 bridgehead atoms. The van der Waals surface area contributed by atoms with Gasteiger partial charge in [0, 0.05) is 21.5 Å². The van der Waals surface area contributed by atoms with Gasteiger partial charge in [-0.25, -0.2) is 0 Å². The number of carbonyl (C=O) groups is 2. The van der Waals surface area contributed by atoms with Gasteiger partial charge in [0.15, 0.2) is 6.54 Å². The molecule has 0 radical (unpaired) electrons. The summed E-state index contributed by atoms with van der Waals surface area (Å²) in [5.41, 5.74) is 2.05. The number of carbonyl (C=O) groups excluding carboxylic acids is 2. The topological polar surface area (TPSA) is 53.9 Å². The smallest absolute Gasteiger partial charge is 0.279 e. The van der Waals surface area contributed by atoms with Crippen molar-refractivity contribution in [2.45, 2.75) is 20.3 Å². The van der Waals surface area contributed by atoms with E-state index in [0.717, 1.165) is 35.6 Å². The van der Waals surface area contributed by atoms with Crippen LogP contribution in [0.25, 0.3) is 6.08 Å². The fourth-order valence-electron chi connectivity index (χ4n) is 3.39. The highest BCUT2D eigenvalue weighted by Crippen LogP contribution is 2.16. The largest absolute Gasteiger partial charge is 0.328 e. The second-order valence-electron chi connectivity index (χ2n) is 7.09. The van der Waals surface area contributed by atoms with E-state index in [1.54, 1.807) is 17.4 Å². The number of nitrogens with one attached hydrogen (secondary N) is 2. The van der Waals surface area contributed by atoms with Gasteiger partial charge in [0.1, 0.15) is 0 Å². The van der Waals surface area contributed by atoms with Crippen LogP contribution in [-0.4, -0.2) is 49.4 Å². The fourth-order valence-corrected chi connectivity index (χ4v) is 4.17. The number of para-hydroxylation sites is 1. The van der Waals surface area contributed by atoms with Gasteiger partial charge < -0.3 is 15.1 Å². The quantitative estimate of drug-likeness (QED) is 0.732. The predicted molar refractivity (Wildman–Crippen MR) is 115 cm³/mol. The molecule has 1 fully saturated rings. The highest BCUT2D eigenvalue weighted by molar-refractivity contribution is 7.12. The summed E-state index contributed by atoms with van der Waals surface area (Å²) in [6, 6.07) is 12.0. The van der Waals surface area contributed by atoms with Gasteiger partial charge in [-0.05, 0) is 43.2 Å². The van der Waals surface area contributed by atoms with Crippen molar-refractivity contribution in [3.8, 4) is 0 Å². The summed E-state index contributed by atoms with van der Waals surface area (Å²) in [6.07, 6.45) is 4.44. The van der Waals surface area contributed by atoms with Gasteiger partial charge in [0.05, 0.1) is 26.2 Å². The summed E-state index contributed by atoms with van der Waals surface area (Å²) in [7, 11) is 0. The third-order valence-electron chi connectivity index (χ3n) is 5.02. The second-order valence-corrected chi connectivity index (χ2v) is 8.41. The number of benzene rings is 1. The van der Waals surface area contributed by atoms with Crippen LogP contribution in [0.5, 0.6) is 0 Å². The molecular weight excluding hydrogens is 370 g/mol. The molecule has 5 nitrogen and oxygen atoms in total. The Labute approximate surface area is 170 Å². The molecule has 0 aliphatic carbocycles. The van der Waals surface area contributed by atoms with Crippen LogP contribution in [0.2, 0.25) is 0 Å². The molecule has 0 spiro atoms. The van der Waals surface area contributed by atoms with Crippen LogP contribution in [0, 0.1) is 6.92 Å². The number of hydrogen-bond donors (Lipinski definition) is 2. The molecule has 2 N–H and O–H groups in total. The van der Waals surface area contributed by atoms with E-state index in [1.807, 2.05) is 41.3 Å². The van der Waals surface area contributed by atoms with Crippen molar-refractivity contribution in [3.05, 3.63) is 57.8 Å². The molecule has 2 amide bonds. The molecule has 0 saturated carbocycles. The average molecular weight is 399 g/mol. The van der Waals surface area contributed by atoms with Crippen LogP contribution >= 0.6 is 11.3 Å². The van der Waals surface area contributed by atoms with Crippen LogP contribution in [0.15, 0.2) is 42.5 Å². The Hall–Kier alpha value is -2.44. The van der Waals surface area contributed by atoms with Crippen LogP contribution in [-0.2, 0) is 16.0 Å². The first-order chi connectivity index (χ1) is 13.5. The van der Waals surface area contributed by atoms with Crippen LogP contribution in [0.4, 0.5) is 5.69 Å². The van der Waals surface area contributed by atoms with E-state index in [0.29, 0.717) is 19.6 Å². The first kappa shape index (κ1) is 20.3. The van der Waals surface area contributed by atoms with Gasteiger partial charge in [-0.3, -0.25) is 9.59 Å².